The van der Waals surface area contributed by atoms with Crippen LogP contribution in [0.4, 0.5) is 5.69 Å². The SMILES string of the molecule is NNc1ccc2cc(S(=O)(=O)Cc3ccccc3)c(=O)oc2c1. The zero-order valence-corrected chi connectivity index (χ0v) is 12.8. The molecule has 0 fully saturated rings. The Morgan fingerprint density at radius 2 is 1.78 bits per heavy atom. The molecule has 0 aliphatic carbocycles. The summed E-state index contributed by atoms with van der Waals surface area (Å²) in [7, 11) is -3.80. The highest BCUT2D eigenvalue weighted by atomic mass is 32.2. The molecule has 0 aliphatic heterocycles. The molecule has 1 heterocycles. The minimum absolute atomic E-state index is 0.257. The van der Waals surface area contributed by atoms with Gasteiger partial charge < -0.3 is 9.84 Å². The summed E-state index contributed by atoms with van der Waals surface area (Å²) in [6.07, 6.45) is 0. The molecule has 7 heteroatoms. The van der Waals surface area contributed by atoms with E-state index in [0.29, 0.717) is 16.6 Å². The van der Waals surface area contributed by atoms with Gasteiger partial charge in [0.2, 0.25) is 0 Å². The van der Waals surface area contributed by atoms with Crippen LogP contribution in [0.15, 0.2) is 68.7 Å². The number of hydrogen-bond donors (Lipinski definition) is 2. The van der Waals surface area contributed by atoms with Gasteiger partial charge in [0.05, 0.1) is 11.4 Å². The number of nitrogens with two attached hydrogens (primary N) is 1. The van der Waals surface area contributed by atoms with Gasteiger partial charge in [-0.3, -0.25) is 5.84 Å². The highest BCUT2D eigenvalue weighted by molar-refractivity contribution is 7.90. The quantitative estimate of drug-likeness (QED) is 0.431. The van der Waals surface area contributed by atoms with E-state index < -0.39 is 15.5 Å². The lowest BCUT2D eigenvalue weighted by Crippen LogP contribution is -2.16. The number of hydrazine groups is 1. The fraction of sp³-hybridized carbons (Fsp3) is 0.0625. The summed E-state index contributed by atoms with van der Waals surface area (Å²) < 4.78 is 30.1. The molecule has 0 spiro atoms. The molecular formula is C16H14N2O4S. The highest BCUT2D eigenvalue weighted by Gasteiger charge is 2.21. The van der Waals surface area contributed by atoms with E-state index >= 15 is 0 Å². The number of benzene rings is 2. The molecule has 0 amide bonds. The predicted octanol–water partition coefficient (Wildman–Crippen LogP) is 2.05. The van der Waals surface area contributed by atoms with Gasteiger partial charge in [-0.15, -0.1) is 0 Å². The van der Waals surface area contributed by atoms with Crippen LogP contribution in [0.3, 0.4) is 0 Å². The van der Waals surface area contributed by atoms with Crippen molar-refractivity contribution in [1.82, 2.24) is 0 Å². The fourth-order valence-corrected chi connectivity index (χ4v) is 3.66. The standard InChI is InChI=1S/C16H14N2O4S/c17-18-13-7-6-12-8-15(16(19)22-14(12)9-13)23(20,21)10-11-4-2-1-3-5-11/h1-9,18H,10,17H2. The molecule has 23 heavy (non-hydrogen) atoms. The summed E-state index contributed by atoms with van der Waals surface area (Å²) in [5.41, 5.74) is 2.98. The molecule has 6 nitrogen and oxygen atoms in total. The van der Waals surface area contributed by atoms with E-state index in [9.17, 15) is 13.2 Å². The summed E-state index contributed by atoms with van der Waals surface area (Å²) >= 11 is 0. The molecule has 0 radical (unpaired) electrons. The van der Waals surface area contributed by atoms with Gasteiger partial charge >= 0.3 is 5.63 Å². The van der Waals surface area contributed by atoms with Crippen molar-refractivity contribution in [2.45, 2.75) is 10.6 Å². The van der Waals surface area contributed by atoms with Crippen LogP contribution in [0.5, 0.6) is 0 Å². The number of sulfone groups is 1. The minimum atomic E-state index is -3.80. The van der Waals surface area contributed by atoms with Gasteiger partial charge in [-0.1, -0.05) is 30.3 Å². The number of rotatable bonds is 4. The zero-order chi connectivity index (χ0) is 16.4. The van der Waals surface area contributed by atoms with Gasteiger partial charge in [0, 0.05) is 11.5 Å². The van der Waals surface area contributed by atoms with Crippen LogP contribution in [-0.4, -0.2) is 8.42 Å². The Kier molecular flexibility index (Phi) is 3.89. The number of fused-ring (bicyclic) bond motifs is 1. The van der Waals surface area contributed by atoms with Crippen LogP contribution in [0.25, 0.3) is 11.0 Å². The number of nitrogen functional groups attached to an aromatic ring is 1. The molecule has 3 N–H and O–H groups in total. The summed E-state index contributed by atoms with van der Waals surface area (Å²) in [6, 6.07) is 14.8. The second kappa shape index (κ2) is 5.86. The van der Waals surface area contributed by atoms with Crippen LogP contribution in [0.2, 0.25) is 0 Å². The summed E-state index contributed by atoms with van der Waals surface area (Å²) in [5, 5.41) is 0.509. The minimum Gasteiger partial charge on any atom is -0.422 e. The number of hydrogen-bond acceptors (Lipinski definition) is 6. The van der Waals surface area contributed by atoms with Gasteiger partial charge in [-0.05, 0) is 23.8 Å². The van der Waals surface area contributed by atoms with E-state index in [1.165, 1.54) is 12.1 Å². The summed E-state index contributed by atoms with van der Waals surface area (Å²) in [6.45, 7) is 0. The van der Waals surface area contributed by atoms with Crippen molar-refractivity contribution < 1.29 is 12.8 Å². The number of anilines is 1. The topological polar surface area (TPSA) is 102 Å². The average Bonchev–Trinajstić information content (AvgIpc) is 2.54. The third kappa shape index (κ3) is 3.10. The van der Waals surface area contributed by atoms with Crippen LogP contribution in [0.1, 0.15) is 5.56 Å². The second-order valence-corrected chi connectivity index (χ2v) is 7.00. The third-order valence-electron chi connectivity index (χ3n) is 3.41. The molecule has 0 saturated carbocycles. The van der Waals surface area contributed by atoms with E-state index in [1.807, 2.05) is 0 Å². The molecule has 0 atom stereocenters. The molecule has 2 aromatic carbocycles. The van der Waals surface area contributed by atoms with Gasteiger partial charge in [0.15, 0.2) is 14.7 Å². The normalized spacial score (nSPS) is 11.5. The van der Waals surface area contributed by atoms with Crippen molar-refractivity contribution in [3.8, 4) is 0 Å². The lowest BCUT2D eigenvalue weighted by atomic mass is 10.2. The first kappa shape index (κ1) is 15.3. The van der Waals surface area contributed by atoms with Crippen molar-refractivity contribution in [3.63, 3.8) is 0 Å². The van der Waals surface area contributed by atoms with Crippen LogP contribution < -0.4 is 16.9 Å². The Balaban J connectivity index is 2.08. The number of nitrogens with one attached hydrogen (secondary N) is 1. The fourth-order valence-electron chi connectivity index (χ4n) is 2.27. The maximum absolute atomic E-state index is 12.5. The lowest BCUT2D eigenvalue weighted by molar-refractivity contribution is 0.532. The maximum Gasteiger partial charge on any atom is 0.355 e. The molecule has 0 bridgehead atoms. The molecule has 1 aromatic heterocycles. The van der Waals surface area contributed by atoms with E-state index in [4.69, 9.17) is 10.3 Å². The monoisotopic (exact) mass is 330 g/mol. The lowest BCUT2D eigenvalue weighted by Gasteiger charge is -2.06. The van der Waals surface area contributed by atoms with E-state index in [0.717, 1.165) is 0 Å². The van der Waals surface area contributed by atoms with Gasteiger partial charge in [-0.25, -0.2) is 13.2 Å². The Labute approximate surface area is 132 Å². The zero-order valence-electron chi connectivity index (χ0n) is 12.0. The molecule has 0 unspecified atom stereocenters. The Morgan fingerprint density at radius 1 is 1.04 bits per heavy atom. The predicted molar refractivity (Wildman–Crippen MR) is 87.6 cm³/mol. The summed E-state index contributed by atoms with van der Waals surface area (Å²) in [5.74, 6) is 5.04. The molecule has 0 saturated heterocycles. The van der Waals surface area contributed by atoms with E-state index in [1.54, 1.807) is 42.5 Å². The van der Waals surface area contributed by atoms with Crippen molar-refractivity contribution >= 4 is 26.5 Å². The second-order valence-electron chi connectivity index (χ2n) is 5.04. The molecule has 118 valence electrons. The van der Waals surface area contributed by atoms with E-state index in [-0.39, 0.29) is 16.2 Å². The van der Waals surface area contributed by atoms with Crippen molar-refractivity contribution in [3.05, 3.63) is 70.6 Å². The van der Waals surface area contributed by atoms with Gasteiger partial charge in [0.25, 0.3) is 0 Å². The molecule has 3 aromatic rings. The maximum atomic E-state index is 12.5. The van der Waals surface area contributed by atoms with Crippen LogP contribution >= 0.6 is 0 Å². The van der Waals surface area contributed by atoms with Gasteiger partial charge in [0.1, 0.15) is 5.58 Å². The first-order valence-electron chi connectivity index (χ1n) is 6.81. The van der Waals surface area contributed by atoms with Crippen molar-refractivity contribution in [2.75, 3.05) is 5.43 Å². The largest absolute Gasteiger partial charge is 0.422 e. The summed E-state index contributed by atoms with van der Waals surface area (Å²) in [4.78, 5) is 11.7. The molecular weight excluding hydrogens is 316 g/mol. The Bertz CT molecular complexity index is 1010. The van der Waals surface area contributed by atoms with Crippen molar-refractivity contribution in [2.24, 2.45) is 5.84 Å². The molecule has 3 rings (SSSR count). The average molecular weight is 330 g/mol. The van der Waals surface area contributed by atoms with Crippen LogP contribution in [0, 0.1) is 0 Å². The third-order valence-corrected chi connectivity index (χ3v) is 5.07. The highest BCUT2D eigenvalue weighted by Crippen LogP contribution is 2.21. The molecule has 0 aliphatic rings. The van der Waals surface area contributed by atoms with Crippen LogP contribution in [-0.2, 0) is 15.6 Å². The van der Waals surface area contributed by atoms with E-state index in [2.05, 4.69) is 5.43 Å². The first-order chi connectivity index (χ1) is 11.0. The first-order valence-corrected chi connectivity index (χ1v) is 8.46. The Hall–Kier alpha value is -2.64. The Morgan fingerprint density at radius 3 is 2.48 bits per heavy atom. The van der Waals surface area contributed by atoms with Gasteiger partial charge in [-0.2, -0.15) is 0 Å². The smallest absolute Gasteiger partial charge is 0.355 e. The van der Waals surface area contributed by atoms with Crippen molar-refractivity contribution in [1.29, 1.82) is 0 Å².